The molecule has 0 bridgehead atoms. The van der Waals surface area contributed by atoms with E-state index in [1.165, 1.54) is 0 Å². The van der Waals surface area contributed by atoms with Gasteiger partial charge in [-0.05, 0) is 49.3 Å². The fourth-order valence-electron chi connectivity index (χ4n) is 2.77. The smallest absolute Gasteiger partial charge is 0.257 e. The van der Waals surface area contributed by atoms with E-state index in [0.29, 0.717) is 23.6 Å². The Labute approximate surface area is 170 Å². The monoisotopic (exact) mass is 405 g/mol. The van der Waals surface area contributed by atoms with Crippen LogP contribution >= 0.6 is 12.2 Å². The molecule has 0 atom stereocenters. The maximum absolute atomic E-state index is 12.2. The van der Waals surface area contributed by atoms with Crippen molar-refractivity contribution in [2.45, 2.75) is 39.0 Å². The molecule has 9 heteroatoms. The van der Waals surface area contributed by atoms with Gasteiger partial charge in [-0.2, -0.15) is 0 Å². The number of benzene rings is 1. The summed E-state index contributed by atoms with van der Waals surface area (Å²) in [5, 5.41) is 5.87. The van der Waals surface area contributed by atoms with E-state index in [1.807, 2.05) is 0 Å². The highest BCUT2D eigenvalue weighted by Crippen LogP contribution is 2.21. The van der Waals surface area contributed by atoms with Crippen molar-refractivity contribution in [2.24, 2.45) is 0 Å². The van der Waals surface area contributed by atoms with Gasteiger partial charge >= 0.3 is 0 Å². The number of thiocarbonyl (C=S) groups is 1. The molecular formula is C19H27N5O3S. The Morgan fingerprint density at radius 2 is 1.86 bits per heavy atom. The highest BCUT2D eigenvalue weighted by atomic mass is 32.1. The van der Waals surface area contributed by atoms with Crippen molar-refractivity contribution in [1.82, 2.24) is 21.5 Å². The zero-order valence-electron chi connectivity index (χ0n) is 16.0. The predicted octanol–water partition coefficient (Wildman–Crippen LogP) is 1.23. The zero-order chi connectivity index (χ0) is 20.4. The fourth-order valence-corrected chi connectivity index (χ4v) is 2.92. The molecule has 1 aliphatic heterocycles. The summed E-state index contributed by atoms with van der Waals surface area (Å²) >= 11 is 5.05. The zero-order valence-corrected chi connectivity index (χ0v) is 16.9. The Morgan fingerprint density at radius 1 is 1.11 bits per heavy atom. The van der Waals surface area contributed by atoms with Gasteiger partial charge in [-0.1, -0.05) is 19.8 Å². The Kier molecular flexibility index (Phi) is 8.67. The van der Waals surface area contributed by atoms with Gasteiger partial charge in [-0.3, -0.25) is 25.2 Å². The average Bonchev–Trinajstić information content (AvgIpc) is 3.13. The number of amides is 3. The molecular weight excluding hydrogens is 378 g/mol. The van der Waals surface area contributed by atoms with Crippen molar-refractivity contribution in [1.29, 1.82) is 0 Å². The number of rotatable bonds is 8. The molecule has 2 rings (SSSR count). The van der Waals surface area contributed by atoms with Crippen LogP contribution in [-0.2, 0) is 9.59 Å². The van der Waals surface area contributed by atoms with E-state index in [1.54, 1.807) is 29.2 Å². The van der Waals surface area contributed by atoms with E-state index in [2.05, 4.69) is 28.4 Å². The van der Waals surface area contributed by atoms with Crippen molar-refractivity contribution < 1.29 is 14.4 Å². The number of hydrogen-bond donors (Lipinski definition) is 4. The molecule has 0 aliphatic carbocycles. The molecule has 1 aromatic rings. The van der Waals surface area contributed by atoms with Crippen molar-refractivity contribution in [2.75, 3.05) is 24.5 Å². The Balaban J connectivity index is 1.69. The van der Waals surface area contributed by atoms with Crippen molar-refractivity contribution in [3.05, 3.63) is 29.8 Å². The first-order valence-electron chi connectivity index (χ1n) is 9.52. The van der Waals surface area contributed by atoms with Crippen LogP contribution in [0.2, 0.25) is 0 Å². The third-order valence-corrected chi connectivity index (χ3v) is 4.55. The summed E-state index contributed by atoms with van der Waals surface area (Å²) in [6.45, 7) is 3.38. The summed E-state index contributed by atoms with van der Waals surface area (Å²) in [7, 11) is 0. The number of carbonyl (C=O) groups excluding carboxylic acids is 3. The van der Waals surface area contributed by atoms with Crippen LogP contribution < -0.4 is 26.4 Å². The standard InChI is InChI=1S/C19H27N5O3S/c1-2-3-4-11-20-19(28)23-22-16(25)13-21-18(27)14-7-9-15(10-8-14)24-12-5-6-17(24)26/h7-10H,2-6,11-13H2,1H3,(H,21,27)(H,22,25)(H2,20,23,28). The second-order valence-electron chi connectivity index (χ2n) is 6.51. The first-order valence-corrected chi connectivity index (χ1v) is 9.93. The van der Waals surface area contributed by atoms with Gasteiger partial charge in [-0.25, -0.2) is 0 Å². The molecule has 0 aromatic heterocycles. The molecule has 1 aliphatic rings. The number of nitrogens with zero attached hydrogens (tertiary/aromatic N) is 1. The number of hydrogen-bond acceptors (Lipinski definition) is 4. The van der Waals surface area contributed by atoms with Gasteiger partial charge in [0.25, 0.3) is 11.8 Å². The highest BCUT2D eigenvalue weighted by Gasteiger charge is 2.21. The summed E-state index contributed by atoms with van der Waals surface area (Å²) < 4.78 is 0. The van der Waals surface area contributed by atoms with Crippen molar-refractivity contribution in [3.63, 3.8) is 0 Å². The van der Waals surface area contributed by atoms with Crippen LogP contribution in [0.4, 0.5) is 5.69 Å². The topological polar surface area (TPSA) is 103 Å². The molecule has 1 aromatic carbocycles. The number of carbonyl (C=O) groups is 3. The average molecular weight is 406 g/mol. The second kappa shape index (κ2) is 11.2. The number of unbranched alkanes of at least 4 members (excludes halogenated alkanes) is 2. The summed E-state index contributed by atoms with van der Waals surface area (Å²) in [4.78, 5) is 37.4. The van der Waals surface area contributed by atoms with E-state index in [4.69, 9.17) is 12.2 Å². The van der Waals surface area contributed by atoms with Gasteiger partial charge in [0.15, 0.2) is 5.11 Å². The van der Waals surface area contributed by atoms with Crippen molar-refractivity contribution in [3.8, 4) is 0 Å². The first-order chi connectivity index (χ1) is 13.5. The molecule has 152 valence electrons. The van der Waals surface area contributed by atoms with E-state index < -0.39 is 5.91 Å². The summed E-state index contributed by atoms with van der Waals surface area (Å²) in [6, 6.07) is 6.76. The van der Waals surface area contributed by atoms with E-state index in [0.717, 1.165) is 37.9 Å². The lowest BCUT2D eigenvalue weighted by Crippen LogP contribution is -2.49. The third kappa shape index (κ3) is 6.80. The second-order valence-corrected chi connectivity index (χ2v) is 6.92. The predicted molar refractivity (Wildman–Crippen MR) is 112 cm³/mol. The molecule has 0 saturated carbocycles. The Hall–Kier alpha value is -2.68. The molecule has 0 spiro atoms. The van der Waals surface area contributed by atoms with Crippen LogP contribution in [0, 0.1) is 0 Å². The number of nitrogens with one attached hydrogen (secondary N) is 4. The van der Waals surface area contributed by atoms with Crippen LogP contribution in [0.25, 0.3) is 0 Å². The summed E-state index contributed by atoms with van der Waals surface area (Å²) in [5.41, 5.74) is 6.23. The van der Waals surface area contributed by atoms with E-state index in [9.17, 15) is 14.4 Å². The molecule has 0 unspecified atom stereocenters. The van der Waals surface area contributed by atoms with Crippen LogP contribution in [-0.4, -0.2) is 42.5 Å². The fraction of sp³-hybridized carbons (Fsp3) is 0.474. The molecule has 8 nitrogen and oxygen atoms in total. The van der Waals surface area contributed by atoms with Gasteiger partial charge in [0.05, 0.1) is 6.54 Å². The van der Waals surface area contributed by atoms with Crippen LogP contribution in [0.3, 0.4) is 0 Å². The Bertz CT molecular complexity index is 708. The minimum atomic E-state index is -0.412. The summed E-state index contributed by atoms with van der Waals surface area (Å²) in [6.07, 6.45) is 4.65. The van der Waals surface area contributed by atoms with Gasteiger partial charge < -0.3 is 15.5 Å². The maximum Gasteiger partial charge on any atom is 0.257 e. The molecule has 1 heterocycles. The van der Waals surface area contributed by atoms with E-state index >= 15 is 0 Å². The minimum absolute atomic E-state index is 0.0964. The molecule has 4 N–H and O–H groups in total. The first kappa shape index (κ1) is 21.6. The number of anilines is 1. The molecule has 1 saturated heterocycles. The molecule has 0 radical (unpaired) electrons. The normalized spacial score (nSPS) is 13.2. The van der Waals surface area contributed by atoms with Gasteiger partial charge in [0.2, 0.25) is 5.91 Å². The van der Waals surface area contributed by atoms with Crippen LogP contribution in [0.5, 0.6) is 0 Å². The molecule has 1 fully saturated rings. The quantitative estimate of drug-likeness (QED) is 0.295. The summed E-state index contributed by atoms with van der Waals surface area (Å²) in [5.74, 6) is -0.681. The SMILES string of the molecule is CCCCCNC(=S)NNC(=O)CNC(=O)c1ccc(N2CCCC2=O)cc1. The van der Waals surface area contributed by atoms with Gasteiger partial charge in [-0.15, -0.1) is 0 Å². The maximum atomic E-state index is 12.2. The van der Waals surface area contributed by atoms with Crippen LogP contribution in [0.15, 0.2) is 24.3 Å². The van der Waals surface area contributed by atoms with Crippen molar-refractivity contribution >= 4 is 40.7 Å². The van der Waals surface area contributed by atoms with E-state index in [-0.39, 0.29) is 18.4 Å². The largest absolute Gasteiger partial charge is 0.361 e. The Morgan fingerprint density at radius 3 is 2.50 bits per heavy atom. The third-order valence-electron chi connectivity index (χ3n) is 4.31. The lowest BCUT2D eigenvalue weighted by atomic mass is 10.2. The lowest BCUT2D eigenvalue weighted by Gasteiger charge is -2.16. The highest BCUT2D eigenvalue weighted by molar-refractivity contribution is 7.80. The number of hydrazine groups is 1. The molecule has 28 heavy (non-hydrogen) atoms. The van der Waals surface area contributed by atoms with Crippen LogP contribution in [0.1, 0.15) is 49.4 Å². The van der Waals surface area contributed by atoms with Gasteiger partial charge in [0.1, 0.15) is 0 Å². The minimum Gasteiger partial charge on any atom is -0.361 e. The molecule has 3 amide bonds. The van der Waals surface area contributed by atoms with Gasteiger partial charge in [0, 0.05) is 30.8 Å². The lowest BCUT2D eigenvalue weighted by molar-refractivity contribution is -0.120.